The van der Waals surface area contributed by atoms with Gasteiger partial charge in [-0.3, -0.25) is 0 Å². The van der Waals surface area contributed by atoms with Gasteiger partial charge in [0.05, 0.1) is 0 Å². The number of hydrogen-bond donors (Lipinski definition) is 1. The van der Waals surface area contributed by atoms with E-state index in [1.165, 1.54) is 18.4 Å². The van der Waals surface area contributed by atoms with Crippen molar-refractivity contribution in [1.82, 2.24) is 5.32 Å². The number of halogens is 2. The van der Waals surface area contributed by atoms with E-state index in [1.54, 1.807) is 0 Å². The Morgan fingerprint density at radius 2 is 2.00 bits per heavy atom. The fraction of sp³-hybridized carbons (Fsp3) is 0.500. The quantitative estimate of drug-likeness (QED) is 0.836. The van der Waals surface area contributed by atoms with Gasteiger partial charge in [0.1, 0.15) is 0 Å². The average molecular weight is 335 g/mol. The van der Waals surface area contributed by atoms with E-state index in [9.17, 15) is 0 Å². The topological polar surface area (TPSA) is 12.0 Å². The SMILES string of the molecule is CCCC(C)NCc1ccc(Br)c(Br)c1. The average Bonchev–Trinajstić information content (AvgIpc) is 2.20. The molecule has 0 aliphatic heterocycles. The minimum Gasteiger partial charge on any atom is -0.310 e. The molecule has 84 valence electrons. The van der Waals surface area contributed by atoms with E-state index in [-0.39, 0.29) is 0 Å². The van der Waals surface area contributed by atoms with Gasteiger partial charge in [-0.25, -0.2) is 0 Å². The van der Waals surface area contributed by atoms with E-state index < -0.39 is 0 Å². The molecular weight excluding hydrogens is 318 g/mol. The monoisotopic (exact) mass is 333 g/mol. The molecule has 3 heteroatoms. The zero-order valence-electron chi connectivity index (χ0n) is 9.19. The van der Waals surface area contributed by atoms with Crippen molar-refractivity contribution in [2.75, 3.05) is 0 Å². The summed E-state index contributed by atoms with van der Waals surface area (Å²) in [7, 11) is 0. The van der Waals surface area contributed by atoms with E-state index in [0.29, 0.717) is 6.04 Å². The minimum absolute atomic E-state index is 0.595. The van der Waals surface area contributed by atoms with Crippen molar-refractivity contribution in [1.29, 1.82) is 0 Å². The highest BCUT2D eigenvalue weighted by Crippen LogP contribution is 2.23. The smallest absolute Gasteiger partial charge is 0.0320 e. The van der Waals surface area contributed by atoms with E-state index in [1.807, 2.05) is 0 Å². The summed E-state index contributed by atoms with van der Waals surface area (Å²) < 4.78 is 2.22. The lowest BCUT2D eigenvalue weighted by molar-refractivity contribution is 0.508. The molecular formula is C12H17Br2N. The summed E-state index contributed by atoms with van der Waals surface area (Å²) in [4.78, 5) is 0. The zero-order valence-corrected chi connectivity index (χ0v) is 12.4. The number of nitrogens with one attached hydrogen (secondary N) is 1. The van der Waals surface area contributed by atoms with Gasteiger partial charge in [-0.1, -0.05) is 19.4 Å². The van der Waals surface area contributed by atoms with Gasteiger partial charge in [-0.05, 0) is 62.9 Å². The molecule has 0 aromatic heterocycles. The minimum atomic E-state index is 0.595. The molecule has 0 saturated carbocycles. The molecule has 0 saturated heterocycles. The molecule has 0 radical (unpaired) electrons. The molecule has 0 heterocycles. The molecule has 1 unspecified atom stereocenters. The Bertz CT molecular complexity index is 312. The van der Waals surface area contributed by atoms with Crippen LogP contribution in [0, 0.1) is 0 Å². The Morgan fingerprint density at radius 3 is 2.60 bits per heavy atom. The van der Waals surface area contributed by atoms with Crippen molar-refractivity contribution in [2.45, 2.75) is 39.3 Å². The summed E-state index contributed by atoms with van der Waals surface area (Å²) in [6.07, 6.45) is 2.47. The van der Waals surface area contributed by atoms with Gasteiger partial charge in [0.25, 0.3) is 0 Å². The third kappa shape index (κ3) is 4.66. The summed E-state index contributed by atoms with van der Waals surface area (Å²) in [5.41, 5.74) is 1.31. The van der Waals surface area contributed by atoms with E-state index in [4.69, 9.17) is 0 Å². The molecule has 0 spiro atoms. The molecule has 15 heavy (non-hydrogen) atoms. The molecule has 1 aromatic carbocycles. The highest BCUT2D eigenvalue weighted by molar-refractivity contribution is 9.13. The van der Waals surface area contributed by atoms with Crippen LogP contribution in [0.15, 0.2) is 27.1 Å². The van der Waals surface area contributed by atoms with Crippen molar-refractivity contribution in [3.05, 3.63) is 32.7 Å². The van der Waals surface area contributed by atoms with Gasteiger partial charge < -0.3 is 5.32 Å². The lowest BCUT2D eigenvalue weighted by Crippen LogP contribution is -2.25. The maximum absolute atomic E-state index is 3.51. The Morgan fingerprint density at radius 1 is 1.27 bits per heavy atom. The number of benzene rings is 1. The van der Waals surface area contributed by atoms with Crippen LogP contribution >= 0.6 is 31.9 Å². The van der Waals surface area contributed by atoms with Gasteiger partial charge in [-0.15, -0.1) is 0 Å². The van der Waals surface area contributed by atoms with Gasteiger partial charge in [0, 0.05) is 21.5 Å². The third-order valence-electron chi connectivity index (χ3n) is 2.36. The first kappa shape index (κ1) is 13.2. The number of hydrogen-bond acceptors (Lipinski definition) is 1. The molecule has 1 aromatic rings. The van der Waals surface area contributed by atoms with Crippen LogP contribution in [0.1, 0.15) is 32.3 Å². The molecule has 1 atom stereocenters. The second-order valence-electron chi connectivity index (χ2n) is 3.82. The van der Waals surface area contributed by atoms with Crippen LogP contribution in [0.2, 0.25) is 0 Å². The van der Waals surface area contributed by atoms with Crippen molar-refractivity contribution in [2.24, 2.45) is 0 Å². The maximum atomic E-state index is 3.51. The predicted octanol–water partition coefficient (Wildman–Crippen LogP) is 4.49. The fourth-order valence-electron chi connectivity index (χ4n) is 1.48. The lowest BCUT2D eigenvalue weighted by atomic mass is 10.1. The highest BCUT2D eigenvalue weighted by atomic mass is 79.9. The standard InChI is InChI=1S/C12H17Br2N/c1-3-4-9(2)15-8-10-5-6-11(13)12(14)7-10/h5-7,9,15H,3-4,8H2,1-2H3. The summed E-state index contributed by atoms with van der Waals surface area (Å²) in [6, 6.07) is 6.96. The van der Waals surface area contributed by atoms with Gasteiger partial charge >= 0.3 is 0 Å². The summed E-state index contributed by atoms with van der Waals surface area (Å²) in [5.74, 6) is 0. The second-order valence-corrected chi connectivity index (χ2v) is 5.53. The van der Waals surface area contributed by atoms with Gasteiger partial charge in [-0.2, -0.15) is 0 Å². The molecule has 1 N–H and O–H groups in total. The summed E-state index contributed by atoms with van der Waals surface area (Å²) >= 11 is 6.98. The number of rotatable bonds is 5. The van der Waals surface area contributed by atoms with Crippen LogP contribution in [-0.4, -0.2) is 6.04 Å². The summed E-state index contributed by atoms with van der Waals surface area (Å²) in [5, 5.41) is 3.51. The Hall–Kier alpha value is 0.140. The molecule has 1 nitrogen and oxygen atoms in total. The van der Waals surface area contributed by atoms with E-state index >= 15 is 0 Å². The lowest BCUT2D eigenvalue weighted by Gasteiger charge is -2.12. The molecule has 0 aliphatic carbocycles. The van der Waals surface area contributed by atoms with Crippen LogP contribution in [0.25, 0.3) is 0 Å². The zero-order chi connectivity index (χ0) is 11.3. The Kier molecular flexibility index (Phi) is 5.87. The first-order chi connectivity index (χ1) is 7.13. The fourth-order valence-corrected chi connectivity index (χ4v) is 2.15. The second kappa shape index (κ2) is 6.66. The van der Waals surface area contributed by atoms with E-state index in [0.717, 1.165) is 15.5 Å². The Labute approximate surface area is 109 Å². The van der Waals surface area contributed by atoms with Crippen molar-refractivity contribution in [3.63, 3.8) is 0 Å². The maximum Gasteiger partial charge on any atom is 0.0320 e. The van der Waals surface area contributed by atoms with Crippen molar-refractivity contribution >= 4 is 31.9 Å². The summed E-state index contributed by atoms with van der Waals surface area (Å²) in [6.45, 7) is 5.39. The Balaban J connectivity index is 2.47. The van der Waals surface area contributed by atoms with Crippen LogP contribution in [0.5, 0.6) is 0 Å². The highest BCUT2D eigenvalue weighted by Gasteiger charge is 2.01. The van der Waals surface area contributed by atoms with Gasteiger partial charge in [0.15, 0.2) is 0 Å². The van der Waals surface area contributed by atoms with Crippen molar-refractivity contribution in [3.8, 4) is 0 Å². The van der Waals surface area contributed by atoms with Gasteiger partial charge in [0.2, 0.25) is 0 Å². The molecule has 0 fully saturated rings. The van der Waals surface area contributed by atoms with E-state index in [2.05, 4.69) is 69.2 Å². The molecule has 0 bridgehead atoms. The first-order valence-corrected chi connectivity index (χ1v) is 6.89. The molecule has 0 amide bonds. The van der Waals surface area contributed by atoms with Crippen LogP contribution in [0.4, 0.5) is 0 Å². The first-order valence-electron chi connectivity index (χ1n) is 5.30. The predicted molar refractivity (Wildman–Crippen MR) is 73.1 cm³/mol. The normalized spacial score (nSPS) is 12.8. The van der Waals surface area contributed by atoms with Crippen molar-refractivity contribution < 1.29 is 0 Å². The van der Waals surface area contributed by atoms with Crippen LogP contribution in [0.3, 0.4) is 0 Å². The molecule has 0 aliphatic rings. The van der Waals surface area contributed by atoms with Crippen LogP contribution in [-0.2, 0) is 6.54 Å². The molecule has 1 rings (SSSR count). The largest absolute Gasteiger partial charge is 0.310 e. The van der Waals surface area contributed by atoms with Crippen LogP contribution < -0.4 is 5.32 Å². The third-order valence-corrected chi connectivity index (χ3v) is 4.24.